The molecule has 2 spiro atoms. The lowest BCUT2D eigenvalue weighted by atomic mass is 9.45. The Balaban J connectivity index is 0.000000149. The summed E-state index contributed by atoms with van der Waals surface area (Å²) in [5.41, 5.74) is -0.900. The third-order valence-electron chi connectivity index (χ3n) is 15.0. The van der Waals surface area contributed by atoms with Crippen LogP contribution < -0.4 is 0 Å². The second-order valence-corrected chi connectivity index (χ2v) is 18.8. The van der Waals surface area contributed by atoms with E-state index in [4.69, 9.17) is 33.2 Å². The highest BCUT2D eigenvalue weighted by molar-refractivity contribution is 5.93. The summed E-state index contributed by atoms with van der Waals surface area (Å²) in [7, 11) is 0. The molecule has 10 nitrogen and oxygen atoms in total. The molecule has 0 bridgehead atoms. The summed E-state index contributed by atoms with van der Waals surface area (Å²) in [4.78, 5) is 23.6. The van der Waals surface area contributed by atoms with Crippen LogP contribution in [0.3, 0.4) is 0 Å². The van der Waals surface area contributed by atoms with E-state index in [1.54, 1.807) is 0 Å². The summed E-state index contributed by atoms with van der Waals surface area (Å²) in [5.74, 6) is -0.899. The van der Waals surface area contributed by atoms with Crippen molar-refractivity contribution in [2.45, 2.75) is 140 Å². The van der Waals surface area contributed by atoms with Gasteiger partial charge in [0.25, 0.3) is 0 Å². The number of epoxide rings is 2. The van der Waals surface area contributed by atoms with Crippen LogP contribution in [0.4, 0.5) is 0 Å². The largest absolute Gasteiger partial charge is 0.458 e. The minimum absolute atomic E-state index is 0.0106. The Morgan fingerprint density at radius 3 is 1.76 bits per heavy atom. The molecule has 0 radical (unpaired) electrons. The molecule has 8 fully saturated rings. The maximum Gasteiger partial charge on any atom is 0.338 e. The zero-order chi connectivity index (χ0) is 35.6. The Hall–Kier alpha value is -1.66. The van der Waals surface area contributed by atoms with E-state index < -0.39 is 28.7 Å². The summed E-state index contributed by atoms with van der Waals surface area (Å²) >= 11 is 0. The van der Waals surface area contributed by atoms with Crippen molar-refractivity contribution in [1.82, 2.24) is 0 Å². The van der Waals surface area contributed by atoms with E-state index in [2.05, 4.69) is 26.8 Å². The second-order valence-electron chi connectivity index (χ2n) is 18.8. The molecule has 4 saturated carbocycles. The van der Waals surface area contributed by atoms with Crippen molar-refractivity contribution in [1.29, 1.82) is 0 Å². The van der Waals surface area contributed by atoms with Crippen LogP contribution in [0.25, 0.3) is 0 Å². The molecule has 0 aromatic carbocycles. The molecule has 0 aromatic heterocycles. The van der Waals surface area contributed by atoms with Gasteiger partial charge in [0.2, 0.25) is 0 Å². The highest BCUT2D eigenvalue weighted by Crippen LogP contribution is 2.67. The van der Waals surface area contributed by atoms with Crippen molar-refractivity contribution in [2.75, 3.05) is 33.0 Å². The monoisotopic (exact) mass is 698 g/mol. The Labute approximate surface area is 296 Å². The van der Waals surface area contributed by atoms with E-state index in [1.165, 1.54) is 0 Å². The third kappa shape index (κ3) is 5.36. The first-order chi connectivity index (χ1) is 23.4. The van der Waals surface area contributed by atoms with Gasteiger partial charge in [0.1, 0.15) is 18.5 Å². The number of fused-ring (bicyclic) bond motifs is 6. The van der Waals surface area contributed by atoms with Crippen LogP contribution in [0.1, 0.15) is 99.8 Å². The molecule has 9 aliphatic rings. The predicted molar refractivity (Wildman–Crippen MR) is 182 cm³/mol. The van der Waals surface area contributed by atoms with Crippen LogP contribution in [0, 0.1) is 39.9 Å². The second kappa shape index (κ2) is 11.4. The van der Waals surface area contributed by atoms with Gasteiger partial charge in [-0.2, -0.15) is 0 Å². The summed E-state index contributed by atoms with van der Waals surface area (Å²) in [6, 6.07) is 0. The fraction of sp³-hybridized carbons (Fsp3) is 0.850. The molecule has 12 atom stereocenters. The molecular formula is C40H58O10. The lowest BCUT2D eigenvalue weighted by Gasteiger charge is -2.63. The van der Waals surface area contributed by atoms with Crippen molar-refractivity contribution in [3.05, 3.63) is 23.8 Å². The van der Waals surface area contributed by atoms with Gasteiger partial charge in [0.15, 0.2) is 11.6 Å². The van der Waals surface area contributed by atoms with E-state index in [1.807, 2.05) is 39.8 Å². The molecule has 278 valence electrons. The van der Waals surface area contributed by atoms with E-state index in [0.29, 0.717) is 43.7 Å². The lowest BCUT2D eigenvalue weighted by Crippen LogP contribution is -2.68. The van der Waals surface area contributed by atoms with Gasteiger partial charge < -0.3 is 43.1 Å². The number of carbonyl (C=O) groups excluding carboxylic acids is 2. The maximum absolute atomic E-state index is 11.9. The first-order valence-corrected chi connectivity index (χ1v) is 19.1. The zero-order valence-corrected chi connectivity index (χ0v) is 31.1. The van der Waals surface area contributed by atoms with Crippen LogP contribution in [0.15, 0.2) is 23.8 Å². The standard InChI is InChI=1S/C23H32O5.C17H26O5/c1-20(2)26-13-22(4)16-7-11-23(14-27-23)17(6-5-15-9-12-25-19(15)24)21(16,3)10-8-18(22)28-20;1-14(2)20-9-15(3)11-4-6-16(10-21-16)12(8-18)17(11,19)7-5-13(15)22-14/h5-6,9,16-18H,7-8,10-14H2,1-4H3;8,11-13,19H,4-7,9-10H2,1-3H3/b6-5+;/t16-,17-,18+,21+,22-,23?;11-,12-,13-,15+,16?,17+/m01/s1. The lowest BCUT2D eigenvalue weighted by molar-refractivity contribution is -0.352. The number of aldehydes is 1. The Morgan fingerprint density at radius 1 is 0.680 bits per heavy atom. The number of hydrogen-bond acceptors (Lipinski definition) is 10. The van der Waals surface area contributed by atoms with E-state index in [0.717, 1.165) is 64.4 Å². The highest BCUT2D eigenvalue weighted by atomic mass is 16.7. The summed E-state index contributed by atoms with van der Waals surface area (Å²) < 4.78 is 41.3. The molecule has 0 amide bonds. The topological polar surface area (TPSA) is 126 Å². The summed E-state index contributed by atoms with van der Waals surface area (Å²) in [5, 5.41) is 11.4. The molecule has 4 saturated heterocycles. The fourth-order valence-electron chi connectivity index (χ4n) is 12.1. The van der Waals surface area contributed by atoms with Gasteiger partial charge in [-0.1, -0.05) is 32.9 Å². The Bertz CT molecular complexity index is 1460. The molecule has 5 heterocycles. The number of carbonyl (C=O) groups is 2. The highest BCUT2D eigenvalue weighted by Gasteiger charge is 2.71. The predicted octanol–water partition coefficient (Wildman–Crippen LogP) is 5.44. The van der Waals surface area contributed by atoms with Crippen molar-refractivity contribution in [2.24, 2.45) is 39.9 Å². The number of rotatable bonds is 3. The fourth-order valence-corrected chi connectivity index (χ4v) is 12.1. The number of ether oxygens (including phenoxy) is 7. The molecule has 10 heteroatoms. The number of aliphatic hydroxyl groups is 1. The van der Waals surface area contributed by atoms with Crippen molar-refractivity contribution in [3.63, 3.8) is 0 Å². The molecular weight excluding hydrogens is 640 g/mol. The summed E-state index contributed by atoms with van der Waals surface area (Å²) in [6.07, 6.45) is 14.8. The van der Waals surface area contributed by atoms with Crippen LogP contribution in [0.2, 0.25) is 0 Å². The number of hydrogen-bond donors (Lipinski definition) is 1. The average Bonchev–Trinajstić information content (AvgIpc) is 3.96. The molecule has 9 rings (SSSR count). The van der Waals surface area contributed by atoms with Crippen LogP contribution in [-0.4, -0.2) is 91.0 Å². The Morgan fingerprint density at radius 2 is 1.22 bits per heavy atom. The van der Waals surface area contributed by atoms with Gasteiger partial charge in [-0.25, -0.2) is 4.79 Å². The first kappa shape index (κ1) is 35.4. The molecule has 0 aromatic rings. The van der Waals surface area contributed by atoms with Gasteiger partial charge >= 0.3 is 5.97 Å². The minimum atomic E-state index is -0.990. The van der Waals surface area contributed by atoms with Gasteiger partial charge in [-0.3, -0.25) is 0 Å². The normalized spacial score (nSPS) is 52.4. The first-order valence-electron chi connectivity index (χ1n) is 19.1. The van der Waals surface area contributed by atoms with Crippen LogP contribution in [-0.2, 0) is 42.7 Å². The maximum atomic E-state index is 11.9. The van der Waals surface area contributed by atoms with E-state index >= 15 is 0 Å². The van der Waals surface area contributed by atoms with Gasteiger partial charge in [0.05, 0.1) is 61.3 Å². The van der Waals surface area contributed by atoms with Gasteiger partial charge in [-0.15, -0.1) is 0 Å². The quantitative estimate of drug-likeness (QED) is 0.231. The Kier molecular flexibility index (Phi) is 8.08. The van der Waals surface area contributed by atoms with Gasteiger partial charge in [-0.05, 0) is 102 Å². The molecule has 1 N–H and O–H groups in total. The number of esters is 1. The van der Waals surface area contributed by atoms with Gasteiger partial charge in [0, 0.05) is 16.7 Å². The van der Waals surface area contributed by atoms with Crippen molar-refractivity contribution in [3.8, 4) is 0 Å². The van der Waals surface area contributed by atoms with E-state index in [9.17, 15) is 14.7 Å². The van der Waals surface area contributed by atoms with Crippen molar-refractivity contribution >= 4 is 12.3 Å². The molecule has 5 aliphatic heterocycles. The van der Waals surface area contributed by atoms with Crippen molar-refractivity contribution < 1.29 is 47.9 Å². The molecule has 2 unspecified atom stereocenters. The van der Waals surface area contributed by atoms with Crippen LogP contribution >= 0.6 is 0 Å². The molecule has 50 heavy (non-hydrogen) atoms. The number of cyclic esters (lactones) is 1. The molecule has 4 aliphatic carbocycles. The third-order valence-corrected chi connectivity index (χ3v) is 15.0. The SMILES string of the molecule is CC1(C)OC[C@@]2(C)[C@H]3CCC4(CO4)[C@@H](/C=C/C4=CCOC4=O)[C@]3(C)CC[C@H]2O1.CC1(C)OC[C@@]2(C)[C@H]3CCC4(CO4)[C@@H](C=O)[C@]3(O)CC[C@H]2O1. The minimum Gasteiger partial charge on any atom is -0.458 e. The van der Waals surface area contributed by atoms with Crippen LogP contribution in [0.5, 0.6) is 0 Å². The van der Waals surface area contributed by atoms with E-state index in [-0.39, 0.29) is 45.9 Å². The zero-order valence-electron chi connectivity index (χ0n) is 31.1. The smallest absolute Gasteiger partial charge is 0.338 e. The summed E-state index contributed by atoms with van der Waals surface area (Å²) in [6.45, 7) is 18.0. The average molecular weight is 699 g/mol.